The van der Waals surface area contributed by atoms with Crippen molar-refractivity contribution < 1.29 is 9.18 Å². The molecule has 1 spiro atoms. The molecule has 2 atom stereocenters. The molecule has 1 aromatic carbocycles. The first kappa shape index (κ1) is 12.3. The van der Waals surface area contributed by atoms with Crippen LogP contribution >= 0.6 is 0 Å². The van der Waals surface area contributed by atoms with Crippen LogP contribution in [0.1, 0.15) is 44.3 Å². The van der Waals surface area contributed by atoms with Gasteiger partial charge < -0.3 is 4.90 Å². The van der Waals surface area contributed by atoms with E-state index in [1.165, 1.54) is 18.9 Å². The van der Waals surface area contributed by atoms with Crippen molar-refractivity contribution in [3.8, 4) is 0 Å². The standard InChI is InChI=1S/C16H19FN2O/c1-10(11-5-6-11)19-14(12-3-2-4-13(17)9-12)18-16(7-8-16)15(19)20/h2-4,9-11,14,18H,5-8H2,1H3. The van der Waals surface area contributed by atoms with E-state index < -0.39 is 0 Å². The Hall–Kier alpha value is -1.42. The number of rotatable bonds is 3. The summed E-state index contributed by atoms with van der Waals surface area (Å²) in [5, 5.41) is 3.46. The molecule has 3 fully saturated rings. The Morgan fingerprint density at radius 2 is 2.15 bits per heavy atom. The highest BCUT2D eigenvalue weighted by atomic mass is 19.1. The molecule has 20 heavy (non-hydrogen) atoms. The van der Waals surface area contributed by atoms with Crippen LogP contribution in [0.4, 0.5) is 4.39 Å². The summed E-state index contributed by atoms with van der Waals surface area (Å²) in [5.74, 6) is 0.587. The summed E-state index contributed by atoms with van der Waals surface area (Å²) in [4.78, 5) is 14.7. The largest absolute Gasteiger partial charge is 0.318 e. The van der Waals surface area contributed by atoms with Gasteiger partial charge >= 0.3 is 0 Å². The van der Waals surface area contributed by atoms with E-state index >= 15 is 0 Å². The first-order chi connectivity index (χ1) is 9.61. The molecule has 1 amide bonds. The van der Waals surface area contributed by atoms with Gasteiger partial charge in [0, 0.05) is 6.04 Å². The lowest BCUT2D eigenvalue weighted by Crippen LogP contribution is -2.40. The molecule has 1 saturated heterocycles. The number of nitrogens with one attached hydrogen (secondary N) is 1. The number of carbonyl (C=O) groups excluding carboxylic acids is 1. The fourth-order valence-corrected chi connectivity index (χ4v) is 3.39. The van der Waals surface area contributed by atoms with Crippen molar-refractivity contribution in [3.63, 3.8) is 0 Å². The number of benzene rings is 1. The molecule has 4 heteroatoms. The molecule has 1 heterocycles. The lowest BCUT2D eigenvalue weighted by Gasteiger charge is -2.30. The highest BCUT2D eigenvalue weighted by Gasteiger charge is 2.61. The van der Waals surface area contributed by atoms with E-state index in [4.69, 9.17) is 0 Å². The lowest BCUT2D eigenvalue weighted by molar-refractivity contribution is -0.133. The van der Waals surface area contributed by atoms with Gasteiger partial charge in [0.05, 0.1) is 0 Å². The van der Waals surface area contributed by atoms with Crippen molar-refractivity contribution in [2.75, 3.05) is 0 Å². The van der Waals surface area contributed by atoms with Gasteiger partial charge in [0.25, 0.3) is 0 Å². The zero-order valence-electron chi connectivity index (χ0n) is 11.6. The van der Waals surface area contributed by atoms with Crippen molar-refractivity contribution in [3.05, 3.63) is 35.6 Å². The van der Waals surface area contributed by atoms with Gasteiger partial charge in [-0.3, -0.25) is 10.1 Å². The molecule has 2 unspecified atom stereocenters. The van der Waals surface area contributed by atoms with Crippen molar-refractivity contribution in [1.82, 2.24) is 10.2 Å². The number of carbonyl (C=O) groups is 1. The molecule has 1 aliphatic heterocycles. The van der Waals surface area contributed by atoms with E-state index in [2.05, 4.69) is 12.2 Å². The molecule has 2 saturated carbocycles. The van der Waals surface area contributed by atoms with E-state index in [1.54, 1.807) is 12.1 Å². The third kappa shape index (κ3) is 1.78. The van der Waals surface area contributed by atoms with Crippen LogP contribution in [-0.2, 0) is 4.79 Å². The molecule has 0 aromatic heterocycles. The van der Waals surface area contributed by atoms with Gasteiger partial charge in [0.15, 0.2) is 0 Å². The van der Waals surface area contributed by atoms with E-state index in [-0.39, 0.29) is 29.5 Å². The van der Waals surface area contributed by atoms with E-state index in [0.29, 0.717) is 5.92 Å². The van der Waals surface area contributed by atoms with Crippen molar-refractivity contribution in [1.29, 1.82) is 0 Å². The molecule has 1 aromatic rings. The summed E-state index contributed by atoms with van der Waals surface area (Å²) in [5.41, 5.74) is 0.509. The highest BCUT2D eigenvalue weighted by Crippen LogP contribution is 2.49. The summed E-state index contributed by atoms with van der Waals surface area (Å²) >= 11 is 0. The van der Waals surface area contributed by atoms with Gasteiger partial charge in [-0.05, 0) is 56.2 Å². The Morgan fingerprint density at radius 1 is 1.40 bits per heavy atom. The van der Waals surface area contributed by atoms with Crippen LogP contribution < -0.4 is 5.32 Å². The number of hydrogen-bond donors (Lipinski definition) is 1. The molecule has 3 aliphatic rings. The predicted molar refractivity (Wildman–Crippen MR) is 73.3 cm³/mol. The summed E-state index contributed by atoms with van der Waals surface area (Å²) in [7, 11) is 0. The van der Waals surface area contributed by atoms with Crippen LogP contribution in [-0.4, -0.2) is 22.4 Å². The zero-order valence-corrected chi connectivity index (χ0v) is 11.6. The maximum atomic E-state index is 13.5. The Labute approximate surface area is 118 Å². The molecule has 3 nitrogen and oxygen atoms in total. The fraction of sp³-hybridized carbons (Fsp3) is 0.562. The lowest BCUT2D eigenvalue weighted by atomic mass is 10.1. The molecule has 2 aliphatic carbocycles. The third-order valence-corrected chi connectivity index (χ3v) is 4.99. The minimum Gasteiger partial charge on any atom is -0.318 e. The third-order valence-electron chi connectivity index (χ3n) is 4.99. The van der Waals surface area contributed by atoms with Crippen LogP contribution in [0.2, 0.25) is 0 Å². The SMILES string of the molecule is CC(C1CC1)N1C(=O)C2(CC2)NC1c1cccc(F)c1. The molecular formula is C16H19FN2O. The molecule has 4 rings (SSSR count). The molecule has 1 N–H and O–H groups in total. The summed E-state index contributed by atoms with van der Waals surface area (Å²) in [6, 6.07) is 6.85. The van der Waals surface area contributed by atoms with Crippen LogP contribution in [0.3, 0.4) is 0 Å². The highest BCUT2D eigenvalue weighted by molar-refractivity contribution is 5.92. The average Bonchev–Trinajstić information content (AvgIpc) is 3.31. The van der Waals surface area contributed by atoms with Crippen LogP contribution in [0.25, 0.3) is 0 Å². The Bertz CT molecular complexity index is 565. The normalized spacial score (nSPS) is 29.0. The number of hydrogen-bond acceptors (Lipinski definition) is 2. The first-order valence-corrected chi connectivity index (χ1v) is 7.47. The monoisotopic (exact) mass is 274 g/mol. The average molecular weight is 274 g/mol. The quantitative estimate of drug-likeness (QED) is 0.919. The maximum absolute atomic E-state index is 13.5. The Kier molecular flexibility index (Phi) is 2.49. The van der Waals surface area contributed by atoms with Gasteiger partial charge in [0.2, 0.25) is 5.91 Å². The van der Waals surface area contributed by atoms with Gasteiger partial charge in [0.1, 0.15) is 17.5 Å². The zero-order chi connectivity index (χ0) is 13.9. The first-order valence-electron chi connectivity index (χ1n) is 7.47. The predicted octanol–water partition coefficient (Wildman–Crippen LogP) is 2.59. The molecule has 0 radical (unpaired) electrons. The molecule has 106 valence electrons. The van der Waals surface area contributed by atoms with Gasteiger partial charge in [-0.15, -0.1) is 0 Å². The number of amides is 1. The van der Waals surface area contributed by atoms with Crippen LogP contribution in [0, 0.1) is 11.7 Å². The molecule has 0 bridgehead atoms. The Morgan fingerprint density at radius 3 is 2.75 bits per heavy atom. The van der Waals surface area contributed by atoms with Crippen molar-refractivity contribution >= 4 is 5.91 Å². The summed E-state index contributed by atoms with van der Waals surface area (Å²) in [6.45, 7) is 2.13. The topological polar surface area (TPSA) is 32.3 Å². The fourth-order valence-electron chi connectivity index (χ4n) is 3.39. The van der Waals surface area contributed by atoms with Gasteiger partial charge in [-0.25, -0.2) is 4.39 Å². The van der Waals surface area contributed by atoms with E-state index in [9.17, 15) is 9.18 Å². The second-order valence-electron chi connectivity index (χ2n) is 6.47. The van der Waals surface area contributed by atoms with E-state index in [1.807, 2.05) is 11.0 Å². The van der Waals surface area contributed by atoms with Crippen LogP contribution in [0.5, 0.6) is 0 Å². The van der Waals surface area contributed by atoms with Gasteiger partial charge in [-0.2, -0.15) is 0 Å². The minimum atomic E-state index is -0.347. The second kappa shape index (κ2) is 4.04. The summed E-state index contributed by atoms with van der Waals surface area (Å²) in [6.07, 6.45) is 4.05. The van der Waals surface area contributed by atoms with Crippen molar-refractivity contribution in [2.45, 2.75) is 50.4 Å². The van der Waals surface area contributed by atoms with Crippen LogP contribution in [0.15, 0.2) is 24.3 Å². The number of nitrogens with zero attached hydrogens (tertiary/aromatic N) is 1. The smallest absolute Gasteiger partial charge is 0.244 e. The summed E-state index contributed by atoms with van der Waals surface area (Å²) < 4.78 is 13.5. The second-order valence-corrected chi connectivity index (χ2v) is 6.47. The maximum Gasteiger partial charge on any atom is 0.244 e. The van der Waals surface area contributed by atoms with E-state index in [0.717, 1.165) is 18.4 Å². The minimum absolute atomic E-state index is 0.170. The molecular weight excluding hydrogens is 255 g/mol. The Balaban J connectivity index is 1.70. The number of halogens is 1. The van der Waals surface area contributed by atoms with Crippen molar-refractivity contribution in [2.24, 2.45) is 5.92 Å². The van der Waals surface area contributed by atoms with Gasteiger partial charge in [-0.1, -0.05) is 12.1 Å².